The fraction of sp³-hybridized carbons (Fsp3) is 0.385. The topological polar surface area (TPSA) is 72.9 Å². The number of hydrogen-bond acceptors (Lipinski definition) is 5. The Balaban J connectivity index is 1.96. The van der Waals surface area contributed by atoms with Gasteiger partial charge in [0.05, 0.1) is 5.69 Å². The number of rotatable bonds is 3. The van der Waals surface area contributed by atoms with Crippen molar-refractivity contribution in [2.45, 2.75) is 27.3 Å². The molecule has 0 radical (unpaired) electrons. The summed E-state index contributed by atoms with van der Waals surface area (Å²) in [4.78, 5) is 8.55. The third-order valence-electron chi connectivity index (χ3n) is 3.47. The van der Waals surface area contributed by atoms with Crippen molar-refractivity contribution in [3.05, 3.63) is 35.0 Å². The van der Waals surface area contributed by atoms with E-state index in [1.54, 1.807) is 4.52 Å². The van der Waals surface area contributed by atoms with Gasteiger partial charge in [-0.15, -0.1) is 0 Å². The Labute approximate surface area is 116 Å². The van der Waals surface area contributed by atoms with Crippen molar-refractivity contribution < 1.29 is 0 Å². The smallest absolute Gasteiger partial charge is 0.254 e. The van der Waals surface area contributed by atoms with Crippen LogP contribution < -0.4 is 5.32 Å². The largest absolute Gasteiger partial charge is 0.365 e. The second-order valence-corrected chi connectivity index (χ2v) is 4.91. The van der Waals surface area contributed by atoms with Gasteiger partial charge in [-0.05, 0) is 20.8 Å². The van der Waals surface area contributed by atoms with Gasteiger partial charge in [0.25, 0.3) is 5.78 Å². The molecule has 0 amide bonds. The number of aryl methyl sites for hydroxylation is 3. The van der Waals surface area contributed by atoms with Crippen LogP contribution >= 0.6 is 0 Å². The predicted octanol–water partition coefficient (Wildman–Crippen LogP) is 1.40. The lowest BCUT2D eigenvalue weighted by atomic mass is 10.2. The maximum atomic E-state index is 4.41. The van der Waals surface area contributed by atoms with Gasteiger partial charge < -0.3 is 5.32 Å². The molecule has 0 saturated carbocycles. The summed E-state index contributed by atoms with van der Waals surface area (Å²) in [6, 6.07) is 0. The van der Waals surface area contributed by atoms with E-state index in [0.29, 0.717) is 12.3 Å². The molecule has 0 fully saturated rings. The summed E-state index contributed by atoms with van der Waals surface area (Å²) in [5.74, 6) is 1.53. The van der Waals surface area contributed by atoms with E-state index in [4.69, 9.17) is 0 Å². The Morgan fingerprint density at radius 1 is 1.20 bits per heavy atom. The molecule has 3 aromatic rings. The zero-order chi connectivity index (χ0) is 14.3. The van der Waals surface area contributed by atoms with Crippen molar-refractivity contribution in [3.8, 4) is 0 Å². The van der Waals surface area contributed by atoms with E-state index in [1.165, 1.54) is 6.33 Å². The van der Waals surface area contributed by atoms with Gasteiger partial charge in [0, 0.05) is 36.6 Å². The highest BCUT2D eigenvalue weighted by atomic mass is 15.4. The first-order valence-electron chi connectivity index (χ1n) is 6.46. The molecule has 0 unspecified atom stereocenters. The van der Waals surface area contributed by atoms with Crippen LogP contribution in [0, 0.1) is 20.8 Å². The Morgan fingerprint density at radius 2 is 2.00 bits per heavy atom. The average molecular weight is 271 g/mol. The molecular weight excluding hydrogens is 254 g/mol. The number of anilines is 1. The molecule has 0 aliphatic rings. The summed E-state index contributed by atoms with van der Waals surface area (Å²) in [6.45, 7) is 6.71. The van der Waals surface area contributed by atoms with E-state index in [1.807, 2.05) is 38.7 Å². The zero-order valence-corrected chi connectivity index (χ0v) is 12.0. The molecule has 3 aromatic heterocycles. The van der Waals surface area contributed by atoms with Gasteiger partial charge in [0.15, 0.2) is 0 Å². The molecule has 0 spiro atoms. The first kappa shape index (κ1) is 12.6. The van der Waals surface area contributed by atoms with Crippen molar-refractivity contribution in [2.75, 3.05) is 5.32 Å². The van der Waals surface area contributed by atoms with Crippen LogP contribution in [0.1, 0.15) is 22.5 Å². The second kappa shape index (κ2) is 4.59. The normalized spacial score (nSPS) is 11.2. The lowest BCUT2D eigenvalue weighted by molar-refractivity contribution is 0.756. The summed E-state index contributed by atoms with van der Waals surface area (Å²) < 4.78 is 3.55. The number of nitrogens with zero attached hydrogens (tertiary/aromatic N) is 6. The van der Waals surface area contributed by atoms with Gasteiger partial charge in [-0.1, -0.05) is 0 Å². The summed E-state index contributed by atoms with van der Waals surface area (Å²) in [5, 5.41) is 12.0. The first-order chi connectivity index (χ1) is 9.56. The molecule has 3 heterocycles. The maximum Gasteiger partial charge on any atom is 0.254 e. The molecule has 20 heavy (non-hydrogen) atoms. The number of nitrogens with one attached hydrogen (secondary N) is 1. The number of fused-ring (bicyclic) bond motifs is 1. The molecule has 0 aromatic carbocycles. The molecule has 3 rings (SSSR count). The average Bonchev–Trinajstić information content (AvgIpc) is 2.96. The number of aromatic nitrogens is 6. The standard InChI is InChI=1S/C13H17N7/c1-8-9(2)17-13-15-7-16-20(13)12(8)14-5-11-6-19(4)18-10(11)3/h6-7,14H,5H2,1-4H3. The lowest BCUT2D eigenvalue weighted by Gasteiger charge is -2.12. The maximum absolute atomic E-state index is 4.41. The molecule has 0 aliphatic carbocycles. The van der Waals surface area contributed by atoms with Crippen LogP contribution in [0.2, 0.25) is 0 Å². The van der Waals surface area contributed by atoms with Crippen LogP contribution in [-0.2, 0) is 13.6 Å². The third-order valence-corrected chi connectivity index (χ3v) is 3.47. The molecule has 7 heteroatoms. The molecule has 1 N–H and O–H groups in total. The van der Waals surface area contributed by atoms with Crippen LogP contribution in [0.15, 0.2) is 12.5 Å². The van der Waals surface area contributed by atoms with Crippen molar-refractivity contribution in [1.29, 1.82) is 0 Å². The van der Waals surface area contributed by atoms with Gasteiger partial charge in [-0.25, -0.2) is 4.98 Å². The van der Waals surface area contributed by atoms with Crippen LogP contribution in [0.5, 0.6) is 0 Å². The zero-order valence-electron chi connectivity index (χ0n) is 12.0. The SMILES string of the molecule is Cc1nn(C)cc1CNc1c(C)c(C)nc2ncnn12. The quantitative estimate of drug-likeness (QED) is 0.779. The van der Waals surface area contributed by atoms with E-state index in [0.717, 1.165) is 28.3 Å². The van der Waals surface area contributed by atoms with Gasteiger partial charge >= 0.3 is 0 Å². The van der Waals surface area contributed by atoms with E-state index in [-0.39, 0.29) is 0 Å². The van der Waals surface area contributed by atoms with Crippen molar-refractivity contribution in [1.82, 2.24) is 29.4 Å². The molecular formula is C13H17N7. The van der Waals surface area contributed by atoms with Gasteiger partial charge in [0.2, 0.25) is 0 Å². The monoisotopic (exact) mass is 271 g/mol. The van der Waals surface area contributed by atoms with E-state index >= 15 is 0 Å². The minimum Gasteiger partial charge on any atom is -0.365 e. The van der Waals surface area contributed by atoms with Gasteiger partial charge in [0.1, 0.15) is 12.1 Å². The summed E-state index contributed by atoms with van der Waals surface area (Å²) in [5.41, 5.74) is 4.22. The van der Waals surface area contributed by atoms with Crippen molar-refractivity contribution >= 4 is 11.6 Å². The molecule has 0 atom stereocenters. The minimum atomic E-state index is 0.610. The summed E-state index contributed by atoms with van der Waals surface area (Å²) in [7, 11) is 1.92. The molecule has 104 valence electrons. The lowest BCUT2D eigenvalue weighted by Crippen LogP contribution is -2.10. The third kappa shape index (κ3) is 2.01. The summed E-state index contributed by atoms with van der Waals surface area (Å²) in [6.07, 6.45) is 3.53. The molecule has 0 bridgehead atoms. The molecule has 0 saturated heterocycles. The minimum absolute atomic E-state index is 0.610. The fourth-order valence-electron chi connectivity index (χ4n) is 2.24. The Hall–Kier alpha value is -2.44. The van der Waals surface area contributed by atoms with Gasteiger partial charge in [-0.2, -0.15) is 19.7 Å². The van der Waals surface area contributed by atoms with Crippen molar-refractivity contribution in [3.63, 3.8) is 0 Å². The van der Waals surface area contributed by atoms with Gasteiger partial charge in [-0.3, -0.25) is 4.68 Å². The highest BCUT2D eigenvalue weighted by molar-refractivity contribution is 5.52. The second-order valence-electron chi connectivity index (χ2n) is 4.91. The summed E-state index contributed by atoms with van der Waals surface area (Å²) >= 11 is 0. The van der Waals surface area contributed by atoms with E-state index in [9.17, 15) is 0 Å². The van der Waals surface area contributed by atoms with Crippen molar-refractivity contribution in [2.24, 2.45) is 7.05 Å². The number of hydrogen-bond donors (Lipinski definition) is 1. The van der Waals surface area contributed by atoms with Crippen LogP contribution in [0.3, 0.4) is 0 Å². The van der Waals surface area contributed by atoms with E-state index < -0.39 is 0 Å². The predicted molar refractivity (Wildman–Crippen MR) is 75.5 cm³/mol. The van der Waals surface area contributed by atoms with Crippen LogP contribution in [0.25, 0.3) is 5.78 Å². The molecule has 7 nitrogen and oxygen atoms in total. The Morgan fingerprint density at radius 3 is 2.70 bits per heavy atom. The fourth-order valence-corrected chi connectivity index (χ4v) is 2.24. The Bertz CT molecular complexity index is 768. The molecule has 0 aliphatic heterocycles. The van der Waals surface area contributed by atoms with Crippen LogP contribution in [-0.4, -0.2) is 29.4 Å². The highest BCUT2D eigenvalue weighted by Crippen LogP contribution is 2.19. The highest BCUT2D eigenvalue weighted by Gasteiger charge is 2.11. The Kier molecular flexibility index (Phi) is 2.89. The van der Waals surface area contributed by atoms with E-state index in [2.05, 4.69) is 25.5 Å². The first-order valence-corrected chi connectivity index (χ1v) is 6.46. The van der Waals surface area contributed by atoms with Crippen LogP contribution in [0.4, 0.5) is 5.82 Å².